The van der Waals surface area contributed by atoms with Crippen LogP contribution in [0.3, 0.4) is 0 Å². The van der Waals surface area contributed by atoms with Crippen LogP contribution in [0.25, 0.3) is 0 Å². The first-order valence-corrected chi connectivity index (χ1v) is 8.09. The van der Waals surface area contributed by atoms with Crippen molar-refractivity contribution in [2.45, 2.75) is 38.2 Å². The molecule has 1 heterocycles. The molecule has 1 amide bonds. The molecule has 0 atom stereocenters. The Morgan fingerprint density at radius 1 is 1.21 bits per heavy atom. The van der Waals surface area contributed by atoms with E-state index in [9.17, 15) is 9.18 Å². The zero-order valence-corrected chi connectivity index (χ0v) is 13.7. The van der Waals surface area contributed by atoms with Crippen molar-refractivity contribution < 1.29 is 13.9 Å². The van der Waals surface area contributed by atoms with Crippen LogP contribution in [0.1, 0.15) is 38.2 Å². The van der Waals surface area contributed by atoms with Gasteiger partial charge in [0.15, 0.2) is 5.60 Å². The van der Waals surface area contributed by atoms with Gasteiger partial charge in [-0.15, -0.1) is 0 Å². The maximum atomic E-state index is 13.3. The number of hydrogen-bond acceptors (Lipinski definition) is 3. The Morgan fingerprint density at radius 3 is 2.50 bits per heavy atom. The lowest BCUT2D eigenvalue weighted by atomic mass is 9.98. The first kappa shape index (κ1) is 15.0. The Balaban J connectivity index is 1.95. The molecule has 4 nitrogen and oxygen atoms in total. The molecule has 2 aromatic rings. The number of anilines is 3. The van der Waals surface area contributed by atoms with Gasteiger partial charge in [-0.1, -0.05) is 0 Å². The van der Waals surface area contributed by atoms with E-state index in [0.29, 0.717) is 23.0 Å². The number of fused-ring (bicyclic) bond motifs is 1. The normalized spacial score (nSPS) is 19.0. The number of amides is 1. The summed E-state index contributed by atoms with van der Waals surface area (Å²) in [5, 5.41) is 0. The van der Waals surface area contributed by atoms with Gasteiger partial charge < -0.3 is 10.5 Å². The van der Waals surface area contributed by atoms with Crippen molar-refractivity contribution in [1.82, 2.24) is 0 Å². The Bertz CT molecular complexity index is 826. The predicted molar refractivity (Wildman–Crippen MR) is 91.1 cm³/mol. The van der Waals surface area contributed by atoms with Gasteiger partial charge >= 0.3 is 0 Å². The SMILES string of the molecule is CC1(C)Oc2cc(N)cc(C3CC3)c2N(c2ccc(F)cc2)C1=O. The van der Waals surface area contributed by atoms with Crippen molar-refractivity contribution in [2.75, 3.05) is 10.6 Å². The molecule has 1 aliphatic heterocycles. The van der Waals surface area contributed by atoms with Crippen LogP contribution in [0.5, 0.6) is 5.75 Å². The molecule has 5 heteroatoms. The molecule has 124 valence electrons. The lowest BCUT2D eigenvalue weighted by Crippen LogP contribution is -2.50. The predicted octanol–water partition coefficient (Wildman–Crippen LogP) is 4.12. The third-order valence-corrected chi connectivity index (χ3v) is 4.54. The van der Waals surface area contributed by atoms with Crippen LogP contribution >= 0.6 is 0 Å². The molecule has 4 rings (SSSR count). The van der Waals surface area contributed by atoms with Crippen LogP contribution in [-0.4, -0.2) is 11.5 Å². The molecule has 0 unspecified atom stereocenters. The largest absolute Gasteiger partial charge is 0.476 e. The summed E-state index contributed by atoms with van der Waals surface area (Å²) in [4.78, 5) is 14.7. The molecule has 1 fully saturated rings. The summed E-state index contributed by atoms with van der Waals surface area (Å²) < 4.78 is 19.3. The van der Waals surface area contributed by atoms with Gasteiger partial charge in [-0.25, -0.2) is 4.39 Å². The topological polar surface area (TPSA) is 55.6 Å². The fourth-order valence-corrected chi connectivity index (χ4v) is 3.20. The number of hydrogen-bond donors (Lipinski definition) is 1. The maximum Gasteiger partial charge on any atom is 0.275 e. The van der Waals surface area contributed by atoms with Crippen molar-refractivity contribution in [2.24, 2.45) is 0 Å². The molecular formula is C19H19FN2O2. The minimum absolute atomic E-state index is 0.173. The summed E-state index contributed by atoms with van der Waals surface area (Å²) in [6.45, 7) is 3.46. The van der Waals surface area contributed by atoms with Gasteiger partial charge in [0, 0.05) is 17.4 Å². The first-order valence-electron chi connectivity index (χ1n) is 8.09. The lowest BCUT2D eigenvalue weighted by Gasteiger charge is -2.40. The molecule has 2 N–H and O–H groups in total. The number of nitrogen functional groups attached to an aromatic ring is 1. The number of nitrogens with zero attached hydrogens (tertiary/aromatic N) is 1. The van der Waals surface area contributed by atoms with Crippen molar-refractivity contribution >= 4 is 23.0 Å². The molecule has 0 radical (unpaired) electrons. The van der Waals surface area contributed by atoms with Gasteiger partial charge in [0.25, 0.3) is 5.91 Å². The first-order chi connectivity index (χ1) is 11.4. The van der Waals surface area contributed by atoms with Crippen LogP contribution in [0, 0.1) is 5.82 Å². The average Bonchev–Trinajstić information content (AvgIpc) is 3.34. The van der Waals surface area contributed by atoms with E-state index in [1.807, 2.05) is 6.07 Å². The Hall–Kier alpha value is -2.56. The van der Waals surface area contributed by atoms with Gasteiger partial charge in [0.05, 0.1) is 5.69 Å². The quantitative estimate of drug-likeness (QED) is 0.845. The maximum absolute atomic E-state index is 13.3. The molecule has 2 aliphatic rings. The molecule has 1 aliphatic carbocycles. The number of benzene rings is 2. The fourth-order valence-electron chi connectivity index (χ4n) is 3.20. The summed E-state index contributed by atoms with van der Waals surface area (Å²) in [6, 6.07) is 9.63. The zero-order chi connectivity index (χ0) is 17.1. The standard InChI is InChI=1S/C19H19FN2O2/c1-19(2)18(23)22(14-7-5-12(20)6-8-14)17-15(11-3-4-11)9-13(21)10-16(17)24-19/h5-11H,3-4,21H2,1-2H3. The van der Waals surface area contributed by atoms with E-state index in [1.165, 1.54) is 12.1 Å². The zero-order valence-electron chi connectivity index (χ0n) is 13.7. The number of carbonyl (C=O) groups is 1. The van der Waals surface area contributed by atoms with Gasteiger partial charge in [-0.05, 0) is 68.5 Å². The van der Waals surface area contributed by atoms with E-state index in [0.717, 1.165) is 24.1 Å². The minimum atomic E-state index is -1.02. The van der Waals surface area contributed by atoms with Crippen molar-refractivity contribution in [3.05, 3.63) is 47.8 Å². The van der Waals surface area contributed by atoms with Crippen molar-refractivity contribution in [3.8, 4) is 5.75 Å². The summed E-state index contributed by atoms with van der Waals surface area (Å²) in [5.74, 6) is 0.487. The lowest BCUT2D eigenvalue weighted by molar-refractivity contribution is -0.131. The number of rotatable bonds is 2. The van der Waals surface area contributed by atoms with Crippen LogP contribution in [0.2, 0.25) is 0 Å². The number of nitrogens with two attached hydrogens (primary N) is 1. The number of carbonyl (C=O) groups excluding carboxylic acids is 1. The molecular weight excluding hydrogens is 307 g/mol. The van der Waals surface area contributed by atoms with E-state index in [1.54, 1.807) is 36.9 Å². The highest BCUT2D eigenvalue weighted by Gasteiger charge is 2.44. The van der Waals surface area contributed by atoms with Crippen LogP contribution in [0.15, 0.2) is 36.4 Å². The van der Waals surface area contributed by atoms with Crippen LogP contribution < -0.4 is 15.4 Å². The van der Waals surface area contributed by atoms with Gasteiger partial charge in [-0.2, -0.15) is 0 Å². The van der Waals surface area contributed by atoms with Crippen molar-refractivity contribution in [1.29, 1.82) is 0 Å². The second kappa shape index (κ2) is 4.97. The highest BCUT2D eigenvalue weighted by molar-refractivity contribution is 6.09. The van der Waals surface area contributed by atoms with Crippen LogP contribution in [-0.2, 0) is 4.79 Å². The molecule has 1 saturated carbocycles. The summed E-state index contributed by atoms with van der Waals surface area (Å²) in [5.41, 5.74) is 8.04. The van der Waals surface area contributed by atoms with Gasteiger partial charge in [0.2, 0.25) is 0 Å². The van der Waals surface area contributed by atoms with E-state index in [-0.39, 0.29) is 11.7 Å². The Labute approximate surface area is 140 Å². The van der Waals surface area contributed by atoms with Crippen LogP contribution in [0.4, 0.5) is 21.5 Å². The third-order valence-electron chi connectivity index (χ3n) is 4.54. The third kappa shape index (κ3) is 2.31. The molecule has 0 bridgehead atoms. The van der Waals surface area contributed by atoms with E-state index >= 15 is 0 Å². The van der Waals surface area contributed by atoms with E-state index in [2.05, 4.69) is 0 Å². The minimum Gasteiger partial charge on any atom is -0.476 e. The molecule has 2 aromatic carbocycles. The summed E-state index contributed by atoms with van der Waals surface area (Å²) in [7, 11) is 0. The molecule has 24 heavy (non-hydrogen) atoms. The molecule has 0 spiro atoms. The summed E-state index contributed by atoms with van der Waals surface area (Å²) in [6.07, 6.45) is 2.15. The monoisotopic (exact) mass is 326 g/mol. The van der Waals surface area contributed by atoms with E-state index in [4.69, 9.17) is 10.5 Å². The Kier molecular flexibility index (Phi) is 3.10. The second-order valence-corrected chi connectivity index (χ2v) is 6.96. The smallest absolute Gasteiger partial charge is 0.275 e. The number of ether oxygens (including phenoxy) is 1. The highest BCUT2D eigenvalue weighted by atomic mass is 19.1. The number of halogens is 1. The summed E-state index contributed by atoms with van der Waals surface area (Å²) >= 11 is 0. The second-order valence-electron chi connectivity index (χ2n) is 6.96. The highest BCUT2D eigenvalue weighted by Crippen LogP contribution is 2.52. The van der Waals surface area contributed by atoms with Gasteiger partial charge in [-0.3, -0.25) is 9.69 Å². The average molecular weight is 326 g/mol. The van der Waals surface area contributed by atoms with Gasteiger partial charge in [0.1, 0.15) is 11.6 Å². The van der Waals surface area contributed by atoms with Crippen molar-refractivity contribution in [3.63, 3.8) is 0 Å². The molecule has 0 saturated heterocycles. The Morgan fingerprint density at radius 2 is 1.88 bits per heavy atom. The van der Waals surface area contributed by atoms with E-state index < -0.39 is 5.60 Å². The molecule has 0 aromatic heterocycles. The fraction of sp³-hybridized carbons (Fsp3) is 0.316.